The average Bonchev–Trinajstić information content (AvgIpc) is 3.16. The van der Waals surface area contributed by atoms with Gasteiger partial charge in [-0.15, -0.1) is 0 Å². The number of likely N-dealkylation sites (tertiary alicyclic amines) is 1. The fourth-order valence-electron chi connectivity index (χ4n) is 4.07. The van der Waals surface area contributed by atoms with Crippen LogP contribution in [0.2, 0.25) is 0 Å². The lowest BCUT2D eigenvalue weighted by Gasteiger charge is -2.31. The van der Waals surface area contributed by atoms with Gasteiger partial charge in [0, 0.05) is 49.5 Å². The fourth-order valence-corrected chi connectivity index (χ4v) is 4.07. The topological polar surface area (TPSA) is 58.1 Å². The standard InChI is InChI=1S/C19H22N4O/c24-19(9-16-5-1-2-7-21-16)22-18-10-17-8-15(18)13-23(17)12-14-4-3-6-20-11-14/h1-7,11,15,17-18H,8-10,12-13H2,(H,22,24)/t15-,17+,18-/m0/s1. The third-order valence-electron chi connectivity index (χ3n) is 5.18. The van der Waals surface area contributed by atoms with E-state index >= 15 is 0 Å². The first-order valence-corrected chi connectivity index (χ1v) is 8.60. The zero-order valence-corrected chi connectivity index (χ0v) is 13.6. The van der Waals surface area contributed by atoms with Crippen LogP contribution in [-0.4, -0.2) is 39.4 Å². The van der Waals surface area contributed by atoms with E-state index in [9.17, 15) is 4.79 Å². The summed E-state index contributed by atoms with van der Waals surface area (Å²) in [4.78, 5) is 23.2. The van der Waals surface area contributed by atoms with Crippen LogP contribution in [0.15, 0.2) is 48.9 Å². The highest BCUT2D eigenvalue weighted by molar-refractivity contribution is 5.78. The van der Waals surface area contributed by atoms with Gasteiger partial charge in [-0.25, -0.2) is 0 Å². The zero-order valence-electron chi connectivity index (χ0n) is 13.6. The Morgan fingerprint density at radius 3 is 2.88 bits per heavy atom. The first-order valence-electron chi connectivity index (χ1n) is 8.60. The van der Waals surface area contributed by atoms with Gasteiger partial charge in [0.05, 0.1) is 6.42 Å². The van der Waals surface area contributed by atoms with Crippen LogP contribution in [0.1, 0.15) is 24.1 Å². The molecular weight excluding hydrogens is 300 g/mol. The maximum absolute atomic E-state index is 12.2. The Hall–Kier alpha value is -2.27. The quantitative estimate of drug-likeness (QED) is 0.912. The van der Waals surface area contributed by atoms with E-state index in [1.165, 1.54) is 12.0 Å². The Balaban J connectivity index is 1.29. The monoisotopic (exact) mass is 322 g/mol. The molecule has 5 nitrogen and oxygen atoms in total. The largest absolute Gasteiger partial charge is 0.353 e. The van der Waals surface area contributed by atoms with Gasteiger partial charge in [0.1, 0.15) is 0 Å². The normalized spacial score (nSPS) is 25.8. The van der Waals surface area contributed by atoms with E-state index in [0.717, 1.165) is 25.2 Å². The minimum absolute atomic E-state index is 0.0880. The van der Waals surface area contributed by atoms with Crippen molar-refractivity contribution in [3.05, 3.63) is 60.2 Å². The highest BCUT2D eigenvalue weighted by atomic mass is 16.1. The van der Waals surface area contributed by atoms with Crippen molar-refractivity contribution in [1.29, 1.82) is 0 Å². The summed E-state index contributed by atoms with van der Waals surface area (Å²) in [6.07, 6.45) is 8.10. The van der Waals surface area contributed by atoms with E-state index in [0.29, 0.717) is 24.4 Å². The summed E-state index contributed by atoms with van der Waals surface area (Å²) in [7, 11) is 0. The SMILES string of the molecule is O=C(Cc1ccccn1)N[C@H]1C[C@H]2C[C@H]1CN2Cc1cccnc1. The highest BCUT2D eigenvalue weighted by Gasteiger charge is 2.44. The molecule has 0 radical (unpaired) electrons. The van der Waals surface area contributed by atoms with Gasteiger partial charge < -0.3 is 5.32 Å². The van der Waals surface area contributed by atoms with Crippen molar-refractivity contribution in [2.45, 2.75) is 37.9 Å². The molecule has 1 amide bonds. The summed E-state index contributed by atoms with van der Waals surface area (Å²) in [5.74, 6) is 0.657. The number of rotatable bonds is 5. The van der Waals surface area contributed by atoms with Crippen molar-refractivity contribution < 1.29 is 4.79 Å². The Morgan fingerprint density at radius 1 is 1.21 bits per heavy atom. The highest BCUT2D eigenvalue weighted by Crippen LogP contribution is 2.38. The van der Waals surface area contributed by atoms with E-state index in [1.807, 2.05) is 36.7 Å². The summed E-state index contributed by atoms with van der Waals surface area (Å²) in [5, 5.41) is 3.23. The number of piperidine rings is 1. The van der Waals surface area contributed by atoms with E-state index in [4.69, 9.17) is 0 Å². The van der Waals surface area contributed by atoms with Gasteiger partial charge in [0.2, 0.25) is 5.91 Å². The van der Waals surface area contributed by atoms with Crippen LogP contribution >= 0.6 is 0 Å². The molecule has 124 valence electrons. The van der Waals surface area contributed by atoms with E-state index in [-0.39, 0.29) is 5.91 Å². The molecule has 2 fully saturated rings. The van der Waals surface area contributed by atoms with Gasteiger partial charge in [-0.05, 0) is 42.5 Å². The molecule has 1 saturated carbocycles. The number of hydrogen-bond donors (Lipinski definition) is 1. The minimum Gasteiger partial charge on any atom is -0.353 e. The molecule has 0 spiro atoms. The fraction of sp³-hybridized carbons (Fsp3) is 0.421. The van der Waals surface area contributed by atoms with Crippen molar-refractivity contribution in [2.75, 3.05) is 6.54 Å². The predicted molar refractivity (Wildman–Crippen MR) is 91.0 cm³/mol. The Morgan fingerprint density at radius 2 is 2.17 bits per heavy atom. The van der Waals surface area contributed by atoms with Crippen LogP contribution in [0, 0.1) is 5.92 Å². The maximum Gasteiger partial charge on any atom is 0.226 e. The lowest BCUT2D eigenvalue weighted by atomic mass is 10.0. The molecule has 3 heterocycles. The van der Waals surface area contributed by atoms with Gasteiger partial charge in [-0.3, -0.25) is 19.7 Å². The molecule has 0 unspecified atom stereocenters. The molecule has 0 aromatic carbocycles. The van der Waals surface area contributed by atoms with Gasteiger partial charge >= 0.3 is 0 Å². The number of nitrogens with zero attached hydrogens (tertiary/aromatic N) is 3. The molecule has 1 aliphatic carbocycles. The molecule has 1 N–H and O–H groups in total. The first-order chi connectivity index (χ1) is 11.8. The van der Waals surface area contributed by atoms with Crippen LogP contribution in [0.5, 0.6) is 0 Å². The first kappa shape index (κ1) is 15.3. The van der Waals surface area contributed by atoms with Crippen molar-refractivity contribution in [2.24, 2.45) is 5.92 Å². The number of aromatic nitrogens is 2. The van der Waals surface area contributed by atoms with Crippen molar-refractivity contribution in [1.82, 2.24) is 20.2 Å². The summed E-state index contributed by atoms with van der Waals surface area (Å²) in [6.45, 7) is 2.03. The molecule has 4 rings (SSSR count). The number of pyridine rings is 2. The number of hydrogen-bond acceptors (Lipinski definition) is 4. The lowest BCUT2D eigenvalue weighted by molar-refractivity contribution is -0.121. The number of carbonyl (C=O) groups excluding carboxylic acids is 1. The van der Waals surface area contributed by atoms with Crippen LogP contribution in [0.25, 0.3) is 0 Å². The Bertz CT molecular complexity index is 691. The van der Waals surface area contributed by atoms with E-state index in [1.54, 1.807) is 6.20 Å². The van der Waals surface area contributed by atoms with Crippen LogP contribution in [0.4, 0.5) is 0 Å². The second-order valence-corrected chi connectivity index (χ2v) is 6.85. The molecule has 2 aromatic heterocycles. The Kier molecular flexibility index (Phi) is 4.26. The summed E-state index contributed by atoms with van der Waals surface area (Å²) >= 11 is 0. The molecule has 1 saturated heterocycles. The smallest absolute Gasteiger partial charge is 0.226 e. The van der Waals surface area contributed by atoms with Crippen LogP contribution in [-0.2, 0) is 17.8 Å². The van der Waals surface area contributed by atoms with Crippen molar-refractivity contribution in [3.8, 4) is 0 Å². The second-order valence-electron chi connectivity index (χ2n) is 6.85. The zero-order chi connectivity index (χ0) is 16.4. The number of carbonyl (C=O) groups is 1. The maximum atomic E-state index is 12.2. The van der Waals surface area contributed by atoms with Crippen molar-refractivity contribution in [3.63, 3.8) is 0 Å². The summed E-state index contributed by atoms with van der Waals surface area (Å²) < 4.78 is 0. The number of nitrogens with one attached hydrogen (secondary N) is 1. The third kappa shape index (κ3) is 3.31. The summed E-state index contributed by atoms with van der Waals surface area (Å²) in [5.41, 5.74) is 2.09. The minimum atomic E-state index is 0.0880. The molecule has 1 aliphatic heterocycles. The van der Waals surface area contributed by atoms with E-state index in [2.05, 4.69) is 26.3 Å². The molecule has 2 aromatic rings. The summed E-state index contributed by atoms with van der Waals surface area (Å²) in [6, 6.07) is 10.7. The van der Waals surface area contributed by atoms with Crippen LogP contribution < -0.4 is 5.32 Å². The van der Waals surface area contributed by atoms with Gasteiger partial charge in [0.15, 0.2) is 0 Å². The predicted octanol–water partition coefficient (Wildman–Crippen LogP) is 1.80. The average molecular weight is 322 g/mol. The van der Waals surface area contributed by atoms with Crippen LogP contribution in [0.3, 0.4) is 0 Å². The van der Waals surface area contributed by atoms with E-state index < -0.39 is 0 Å². The van der Waals surface area contributed by atoms with Gasteiger partial charge in [-0.2, -0.15) is 0 Å². The molecule has 2 bridgehead atoms. The second kappa shape index (κ2) is 6.69. The Labute approximate surface area is 142 Å². The van der Waals surface area contributed by atoms with Gasteiger partial charge in [-0.1, -0.05) is 12.1 Å². The number of amides is 1. The van der Waals surface area contributed by atoms with Crippen molar-refractivity contribution >= 4 is 5.91 Å². The molecule has 24 heavy (non-hydrogen) atoms. The molecule has 2 aliphatic rings. The molecule has 3 atom stereocenters. The molecular formula is C19H22N4O. The lowest BCUT2D eigenvalue weighted by Crippen LogP contribution is -2.46. The molecule has 5 heteroatoms. The van der Waals surface area contributed by atoms with Gasteiger partial charge in [0.25, 0.3) is 0 Å². The number of fused-ring (bicyclic) bond motifs is 2. The third-order valence-corrected chi connectivity index (χ3v) is 5.18.